The third kappa shape index (κ3) is 1.38. The second-order valence-electron chi connectivity index (χ2n) is 3.89. The van der Waals surface area contributed by atoms with E-state index in [9.17, 15) is 10.2 Å². The van der Waals surface area contributed by atoms with E-state index in [1.54, 1.807) is 12.1 Å². The van der Waals surface area contributed by atoms with Crippen LogP contribution in [0.5, 0.6) is 11.5 Å². The molecule has 0 saturated carbocycles. The smallest absolute Gasteiger partial charge is 0.190 e. The van der Waals surface area contributed by atoms with Gasteiger partial charge >= 0.3 is 0 Å². The van der Waals surface area contributed by atoms with Crippen molar-refractivity contribution in [1.82, 2.24) is 0 Å². The molecule has 2 aromatic rings. The molecule has 2 N–H and O–H groups in total. The lowest BCUT2D eigenvalue weighted by Crippen LogP contribution is -2.56. The molecule has 16 heavy (non-hydrogen) atoms. The lowest BCUT2D eigenvalue weighted by atomic mass is 9.44. The van der Waals surface area contributed by atoms with E-state index in [0.717, 1.165) is 21.9 Å². The molecule has 0 bridgehead atoms. The summed E-state index contributed by atoms with van der Waals surface area (Å²) in [4.78, 5) is 0. The largest absolute Gasteiger partial charge is 0.504 e. The van der Waals surface area contributed by atoms with Crippen LogP contribution in [0.15, 0.2) is 36.4 Å². The van der Waals surface area contributed by atoms with Gasteiger partial charge in [0.05, 0.1) is 0 Å². The minimum atomic E-state index is -0.0808. The predicted octanol–water partition coefficient (Wildman–Crippen LogP) is -1.28. The molecule has 1 heterocycles. The van der Waals surface area contributed by atoms with Crippen LogP contribution >= 0.6 is 0 Å². The zero-order valence-corrected chi connectivity index (χ0v) is 8.51. The monoisotopic (exact) mass is 206 g/mol. The highest BCUT2D eigenvalue weighted by Gasteiger charge is 2.18. The van der Waals surface area contributed by atoms with E-state index in [1.807, 2.05) is 38.8 Å². The Morgan fingerprint density at radius 2 is 1.12 bits per heavy atom. The van der Waals surface area contributed by atoms with Crippen LogP contribution in [0.1, 0.15) is 0 Å². The first-order chi connectivity index (χ1) is 7.74. The molecular formula is C12H8B2O2. The third-order valence-corrected chi connectivity index (χ3v) is 2.80. The summed E-state index contributed by atoms with van der Waals surface area (Å²) in [6, 6.07) is 11.2. The number of fused-ring (bicyclic) bond motifs is 2. The highest BCUT2D eigenvalue weighted by Crippen LogP contribution is 2.20. The number of aromatic hydroxyl groups is 2. The van der Waals surface area contributed by atoms with Gasteiger partial charge in [-0.1, -0.05) is 46.1 Å². The van der Waals surface area contributed by atoms with Crippen LogP contribution < -0.4 is 21.9 Å². The van der Waals surface area contributed by atoms with E-state index in [2.05, 4.69) is 0 Å². The summed E-state index contributed by atoms with van der Waals surface area (Å²) in [5.41, 5.74) is 4.10. The van der Waals surface area contributed by atoms with Gasteiger partial charge in [-0.2, -0.15) is 0 Å². The zero-order chi connectivity index (χ0) is 11.1. The summed E-state index contributed by atoms with van der Waals surface area (Å²) in [5, 5.41) is 18.9. The summed E-state index contributed by atoms with van der Waals surface area (Å²) in [7, 11) is 4.01. The van der Waals surface area contributed by atoms with Crippen molar-refractivity contribution in [3.05, 3.63) is 36.4 Å². The standard InChI is InChI=1S/C12H8B2O2/c15-11-5-9-10(6-12(11)16)14-8-4-2-1-3-7(8)13-9/h1-6,15-16H. The Hall–Kier alpha value is -1.83. The lowest BCUT2D eigenvalue weighted by molar-refractivity contribution is 0.404. The zero-order valence-electron chi connectivity index (χ0n) is 8.51. The molecular weight excluding hydrogens is 198 g/mol. The quantitative estimate of drug-likeness (QED) is 0.355. The summed E-state index contributed by atoms with van der Waals surface area (Å²) in [5.74, 6) is -0.162. The normalized spacial score (nSPS) is 12.0. The molecule has 74 valence electrons. The molecule has 1 aliphatic rings. The average molecular weight is 206 g/mol. The first-order valence-electron chi connectivity index (χ1n) is 5.08. The second kappa shape index (κ2) is 3.34. The first-order valence-corrected chi connectivity index (χ1v) is 5.08. The molecule has 0 fully saturated rings. The van der Waals surface area contributed by atoms with Crippen molar-refractivity contribution in [2.75, 3.05) is 0 Å². The van der Waals surface area contributed by atoms with E-state index in [1.165, 1.54) is 0 Å². The summed E-state index contributed by atoms with van der Waals surface area (Å²) in [6.07, 6.45) is 0. The van der Waals surface area contributed by atoms with Crippen molar-refractivity contribution >= 4 is 36.4 Å². The highest BCUT2D eigenvalue weighted by atomic mass is 16.3. The van der Waals surface area contributed by atoms with Gasteiger partial charge in [-0.05, 0) is 12.1 Å². The molecule has 0 saturated heterocycles. The Morgan fingerprint density at radius 3 is 1.56 bits per heavy atom. The number of phenolic OH excluding ortho intramolecular Hbond substituents is 2. The highest BCUT2D eigenvalue weighted by molar-refractivity contribution is 6.87. The Balaban J connectivity index is 2.12. The maximum atomic E-state index is 9.44. The van der Waals surface area contributed by atoms with E-state index in [4.69, 9.17) is 0 Å². The minimum absolute atomic E-state index is 0.0808. The molecule has 0 aromatic heterocycles. The van der Waals surface area contributed by atoms with Gasteiger partial charge in [0.15, 0.2) is 26.1 Å². The molecule has 0 atom stereocenters. The molecule has 0 spiro atoms. The fourth-order valence-electron chi connectivity index (χ4n) is 1.97. The van der Waals surface area contributed by atoms with Gasteiger partial charge in [-0.15, -0.1) is 0 Å². The number of hydrogen-bond acceptors (Lipinski definition) is 2. The first kappa shape index (κ1) is 9.40. The predicted molar refractivity (Wildman–Crippen MR) is 66.3 cm³/mol. The van der Waals surface area contributed by atoms with Crippen LogP contribution in [0.25, 0.3) is 0 Å². The van der Waals surface area contributed by atoms with Gasteiger partial charge < -0.3 is 10.2 Å². The maximum absolute atomic E-state index is 9.44. The lowest BCUT2D eigenvalue weighted by Gasteiger charge is -2.18. The number of phenols is 2. The molecule has 4 heteroatoms. The second-order valence-corrected chi connectivity index (χ2v) is 3.89. The van der Waals surface area contributed by atoms with Crippen molar-refractivity contribution in [1.29, 1.82) is 0 Å². The van der Waals surface area contributed by atoms with Crippen LogP contribution in [0.3, 0.4) is 0 Å². The molecule has 0 unspecified atom stereocenters. The van der Waals surface area contributed by atoms with Gasteiger partial charge in [0.2, 0.25) is 0 Å². The molecule has 0 aliphatic carbocycles. The summed E-state index contributed by atoms with van der Waals surface area (Å²) < 4.78 is 0. The fourth-order valence-corrected chi connectivity index (χ4v) is 1.97. The molecule has 2 nitrogen and oxygen atoms in total. The SMILES string of the molecule is Oc1cc2c(cc1O)[B]c1ccccc1[B]2. The van der Waals surface area contributed by atoms with Crippen LogP contribution in [0, 0.1) is 0 Å². The Bertz CT molecular complexity index is 517. The van der Waals surface area contributed by atoms with E-state index < -0.39 is 0 Å². The molecule has 1 aliphatic heterocycles. The summed E-state index contributed by atoms with van der Waals surface area (Å²) >= 11 is 0. The topological polar surface area (TPSA) is 40.5 Å². The van der Waals surface area contributed by atoms with Crippen molar-refractivity contribution in [3.63, 3.8) is 0 Å². The summed E-state index contributed by atoms with van der Waals surface area (Å²) in [6.45, 7) is 0. The number of hydrogen-bond donors (Lipinski definition) is 2. The van der Waals surface area contributed by atoms with E-state index in [-0.39, 0.29) is 11.5 Å². The van der Waals surface area contributed by atoms with Gasteiger partial charge in [0.25, 0.3) is 0 Å². The Labute approximate surface area is 95.0 Å². The van der Waals surface area contributed by atoms with Crippen molar-refractivity contribution in [2.24, 2.45) is 0 Å². The number of benzene rings is 2. The van der Waals surface area contributed by atoms with Gasteiger partial charge in [0, 0.05) is 0 Å². The van der Waals surface area contributed by atoms with Crippen LogP contribution in [-0.2, 0) is 0 Å². The molecule has 3 rings (SSSR count). The Morgan fingerprint density at radius 1 is 0.688 bits per heavy atom. The molecule has 2 aromatic carbocycles. The van der Waals surface area contributed by atoms with Crippen LogP contribution in [-0.4, -0.2) is 24.8 Å². The molecule has 0 amide bonds. The van der Waals surface area contributed by atoms with Crippen LogP contribution in [0.2, 0.25) is 0 Å². The minimum Gasteiger partial charge on any atom is -0.504 e. The fraction of sp³-hybridized carbons (Fsp3) is 0. The maximum Gasteiger partial charge on any atom is 0.190 e. The number of rotatable bonds is 0. The van der Waals surface area contributed by atoms with E-state index >= 15 is 0 Å². The van der Waals surface area contributed by atoms with Gasteiger partial charge in [-0.25, -0.2) is 0 Å². The van der Waals surface area contributed by atoms with Crippen molar-refractivity contribution < 1.29 is 10.2 Å². The Kier molecular flexibility index (Phi) is 1.96. The van der Waals surface area contributed by atoms with Gasteiger partial charge in [0.1, 0.15) is 0 Å². The molecule has 2 radical (unpaired) electrons. The van der Waals surface area contributed by atoms with Crippen LogP contribution in [0.4, 0.5) is 0 Å². The van der Waals surface area contributed by atoms with Gasteiger partial charge in [-0.3, -0.25) is 0 Å². The van der Waals surface area contributed by atoms with Crippen molar-refractivity contribution in [2.45, 2.75) is 0 Å². The third-order valence-electron chi connectivity index (χ3n) is 2.80. The van der Waals surface area contributed by atoms with E-state index in [0.29, 0.717) is 0 Å². The van der Waals surface area contributed by atoms with Crippen molar-refractivity contribution in [3.8, 4) is 11.5 Å². The average Bonchev–Trinajstić information content (AvgIpc) is 2.28.